The molecule has 2 saturated heterocycles. The summed E-state index contributed by atoms with van der Waals surface area (Å²) in [5, 5.41) is -6.17. The minimum absolute atomic E-state index is 0. The van der Waals surface area contributed by atoms with Crippen LogP contribution >= 0.6 is 16.3 Å². The zero-order chi connectivity index (χ0) is 71.4. The Morgan fingerprint density at radius 3 is 0.907 bits per heavy atom. The van der Waals surface area contributed by atoms with E-state index in [2.05, 4.69) is 24.3 Å². The van der Waals surface area contributed by atoms with Crippen molar-refractivity contribution in [3.05, 3.63) is 208 Å². The van der Waals surface area contributed by atoms with Crippen LogP contribution in [0.5, 0.6) is 5.75 Å². The average Bonchev–Trinajstić information content (AvgIpc) is 0.753. The summed E-state index contributed by atoms with van der Waals surface area (Å²) in [6, 6.07) is 9.00. The van der Waals surface area contributed by atoms with Crippen LogP contribution in [0, 0.1) is 0 Å². The topological polar surface area (TPSA) is 55.4 Å². The number of benzene rings is 6. The first kappa shape index (κ1) is 80.0. The van der Waals surface area contributed by atoms with E-state index in [1.807, 2.05) is 0 Å². The van der Waals surface area contributed by atoms with Crippen LogP contribution in [0.3, 0.4) is 0 Å². The van der Waals surface area contributed by atoms with E-state index in [0.29, 0.717) is 0 Å². The molecular formula is C59H42BF28O6P2Rh-. The van der Waals surface area contributed by atoms with Crippen molar-refractivity contribution in [2.24, 2.45) is 0 Å². The number of rotatable bonds is 11. The summed E-state index contributed by atoms with van der Waals surface area (Å²) in [7, 11) is -14.5. The first-order chi connectivity index (χ1) is 44.1. The van der Waals surface area contributed by atoms with Gasteiger partial charge in [0.25, 0.3) is 0 Å². The molecule has 6 nitrogen and oxygen atoms in total. The zero-order valence-corrected chi connectivity index (χ0v) is 51.3. The summed E-state index contributed by atoms with van der Waals surface area (Å²) >= 11 is 0. The number of ether oxygens (including phenoxy) is 4. The second-order valence-electron chi connectivity index (χ2n) is 20.5. The van der Waals surface area contributed by atoms with Crippen LogP contribution in [0.4, 0.5) is 123 Å². The summed E-state index contributed by atoms with van der Waals surface area (Å²) in [6.07, 6.45) is -46.9. The predicted molar refractivity (Wildman–Crippen MR) is 291 cm³/mol. The third kappa shape index (κ3) is 22.8. The molecule has 2 aliphatic heterocycles. The van der Waals surface area contributed by atoms with E-state index in [0.717, 1.165) is 12.1 Å². The van der Waals surface area contributed by atoms with Gasteiger partial charge in [-0.2, -0.15) is 105 Å². The average molecular weight is 1550 g/mol. The van der Waals surface area contributed by atoms with E-state index in [4.69, 9.17) is 28.0 Å². The van der Waals surface area contributed by atoms with Crippen molar-refractivity contribution in [3.63, 3.8) is 0 Å². The molecule has 2 fully saturated rings. The first-order valence-corrected chi connectivity index (χ1v) is 29.6. The van der Waals surface area contributed by atoms with Gasteiger partial charge in [0, 0.05) is 46.3 Å². The maximum absolute atomic E-state index is 14.7. The van der Waals surface area contributed by atoms with Crippen LogP contribution < -0.4 is 26.0 Å². The monoisotopic (exact) mass is 1550 g/mol. The third-order valence-electron chi connectivity index (χ3n) is 13.4. The fourth-order valence-corrected chi connectivity index (χ4v) is 13.2. The largest absolute Gasteiger partial charge is 0.673 e. The molecule has 97 heavy (non-hydrogen) atoms. The van der Waals surface area contributed by atoms with Crippen molar-refractivity contribution in [3.8, 4) is 5.75 Å². The predicted octanol–water partition coefficient (Wildman–Crippen LogP) is 19.9. The van der Waals surface area contributed by atoms with Gasteiger partial charge in [0.1, 0.15) is 24.1 Å². The Bertz CT molecular complexity index is 3320. The molecule has 0 spiro atoms. The molecule has 3 aliphatic rings. The molecule has 38 heteroatoms. The van der Waals surface area contributed by atoms with Gasteiger partial charge in [-0.1, -0.05) is 72.8 Å². The van der Waals surface area contributed by atoms with Crippen molar-refractivity contribution < 1.29 is 170 Å². The van der Waals surface area contributed by atoms with E-state index in [1.165, 1.54) is 74.2 Å². The van der Waals surface area contributed by atoms with Gasteiger partial charge >= 0.3 is 56.7 Å². The second-order valence-corrected chi connectivity index (χ2v) is 24.2. The molecule has 6 atom stereocenters. The summed E-state index contributed by atoms with van der Waals surface area (Å²) in [5.41, 5.74) is -18.2. The molecule has 1 radical (unpaired) electrons. The molecule has 9 rings (SSSR count). The Hall–Kier alpha value is -6.01. The van der Waals surface area contributed by atoms with Crippen LogP contribution in [0.25, 0.3) is 0 Å². The minimum Gasteiger partial charge on any atom is -0.462 e. The number of alkyl halides is 24. The number of halogens is 28. The molecule has 0 bridgehead atoms. The van der Waals surface area contributed by atoms with Crippen LogP contribution in [0.15, 0.2) is 158 Å². The van der Waals surface area contributed by atoms with Crippen LogP contribution in [-0.2, 0) is 92.1 Å². The maximum atomic E-state index is 14.7. The van der Waals surface area contributed by atoms with E-state index in [1.54, 1.807) is 0 Å². The Morgan fingerprint density at radius 2 is 0.629 bits per heavy atom. The summed E-state index contributed by atoms with van der Waals surface area (Å²) in [4.78, 5) is 0. The molecule has 0 N–H and O–H groups in total. The molecule has 2 heterocycles. The van der Waals surface area contributed by atoms with E-state index in [9.17, 15) is 123 Å². The number of hydrogen-bond donors (Lipinski definition) is 0. The molecule has 1 aliphatic carbocycles. The van der Waals surface area contributed by atoms with Gasteiger partial charge < -0.3 is 45.3 Å². The Kier molecular flexibility index (Phi) is 25.8. The molecule has 533 valence electrons. The van der Waals surface area contributed by atoms with Crippen molar-refractivity contribution in [2.75, 3.05) is 6.61 Å². The van der Waals surface area contributed by atoms with Gasteiger partial charge in [0.15, 0.2) is 12.4 Å². The first-order valence-electron chi connectivity index (χ1n) is 27.1. The summed E-state index contributed by atoms with van der Waals surface area (Å²) in [5.74, 6) is -0.424. The molecule has 0 unspecified atom stereocenters. The fourth-order valence-electron chi connectivity index (χ4n) is 9.15. The van der Waals surface area contributed by atoms with Crippen molar-refractivity contribution in [1.82, 2.24) is 0 Å². The molecule has 6 aromatic carbocycles. The summed E-state index contributed by atoms with van der Waals surface area (Å²) < 4.78 is 427. The van der Waals surface area contributed by atoms with Crippen LogP contribution in [0.1, 0.15) is 82.0 Å². The van der Waals surface area contributed by atoms with Crippen molar-refractivity contribution in [1.29, 1.82) is 0 Å². The van der Waals surface area contributed by atoms with E-state index in [-0.39, 0.29) is 73.6 Å². The summed E-state index contributed by atoms with van der Waals surface area (Å²) in [6.45, 7) is -0.840. The molecule has 6 aromatic rings. The second kappa shape index (κ2) is 31.3. The fraction of sp³-hybridized carbons (Fsp3) is 0.322. The third-order valence-corrected chi connectivity index (χ3v) is 17.2. The maximum Gasteiger partial charge on any atom is 0.673 e. The Labute approximate surface area is 545 Å². The van der Waals surface area contributed by atoms with Crippen molar-refractivity contribution >= 4 is 44.8 Å². The SMILES string of the molecule is C1=C\CC/C=C\CC/1.FC(F)(F)c1cc(P(O[C@@H]2[C@@H](OP(c3cc(C(F)(F)F)cc(C(F)(F)F)c3)c3cc(C(F)(F)F)cc(C(F)(F)F)c3)[C@H](Oc3ccccc3)O[C@@H]3CO[C@@H](c4ccccc4)O[C@@H]23)c2cc(C(F)(F)F)cc(C(F)(F)F)c2)cc(C(F)(F)F)c1.F[B-](F)(F)F.[Rh]. The molecule has 0 aromatic heterocycles. The van der Waals surface area contributed by atoms with E-state index >= 15 is 0 Å². The quantitative estimate of drug-likeness (QED) is 0.0558. The van der Waals surface area contributed by atoms with Gasteiger partial charge in [0.05, 0.1) is 67.4 Å². The number of para-hydroxylation sites is 1. The van der Waals surface area contributed by atoms with Gasteiger partial charge in [-0.3, -0.25) is 0 Å². The minimum atomic E-state index is -6.00. The number of hydrogen-bond acceptors (Lipinski definition) is 6. The van der Waals surface area contributed by atoms with Gasteiger partial charge in [-0.15, -0.1) is 0 Å². The number of fused-ring (bicyclic) bond motifs is 1. The standard InChI is InChI=1S/C51H30F24O6P2.C8H12.BF4.Rh/c52-44(53,54)25-11-26(45(55,56)57)16-34(15-25)82(35-17-27(46(58,59)60)12-28(18-35)47(61,62)63)80-40-39-38(23-76-42(79-39)24-7-3-1-4-8-24)78-43(77-33-9-5-2-6-10-33)41(40)81-83(36-19-29(48(64,65)66)13-30(20-36)49(67,68)69)37-21-31(50(70,71)72)14-32(22-37)51(73,74)75;1-2-4-6-8-7-5-3-1;2-1(3,4)5;/h1-22,38-43H,23H2;1-2,7-8H,3-6H2;;/q;;-1;/b;2-1-,8-7-;;/t38-,39-,40+,41-,42-,43-;;;/m1.../s1. The smallest absolute Gasteiger partial charge is 0.462 e. The van der Waals surface area contributed by atoms with Crippen molar-refractivity contribution in [2.45, 2.75) is 112 Å². The normalized spacial score (nSPS) is 20.6. The van der Waals surface area contributed by atoms with Crippen LogP contribution in [-0.4, -0.2) is 44.6 Å². The molecule has 0 saturated carbocycles. The molecular weight excluding hydrogens is 1510 g/mol. The van der Waals surface area contributed by atoms with E-state index < -0.39 is 212 Å². The molecule has 0 amide bonds. The number of allylic oxidation sites excluding steroid dienone is 4. The van der Waals surface area contributed by atoms with Gasteiger partial charge in [-0.25, -0.2) is 0 Å². The zero-order valence-electron chi connectivity index (χ0n) is 47.8. The van der Waals surface area contributed by atoms with Gasteiger partial charge in [-0.05, 0) is 111 Å². The Morgan fingerprint density at radius 1 is 0.361 bits per heavy atom. The Balaban J connectivity index is 0.000000956. The van der Waals surface area contributed by atoms with Gasteiger partial charge in [0.2, 0.25) is 6.29 Å². The van der Waals surface area contributed by atoms with Crippen LogP contribution in [0.2, 0.25) is 0 Å².